The molecule has 1 amide bonds. The molecule has 1 fully saturated rings. The van der Waals surface area contributed by atoms with Crippen molar-refractivity contribution in [2.45, 2.75) is 56.4 Å². The van der Waals surface area contributed by atoms with Crippen molar-refractivity contribution in [2.24, 2.45) is 0 Å². The number of hydrogen-bond donors (Lipinski definition) is 0. The molecular weight excluding hydrogens is 463 g/mol. The minimum absolute atomic E-state index is 0.111. The molecule has 0 bridgehead atoms. The number of benzene rings is 1. The lowest BCUT2D eigenvalue weighted by molar-refractivity contribution is -0.0114. The quantitative estimate of drug-likeness (QED) is 0.641. The van der Waals surface area contributed by atoms with Crippen LogP contribution in [0.25, 0.3) is 0 Å². The molecule has 184 valence electrons. The highest BCUT2D eigenvalue weighted by Crippen LogP contribution is 2.35. The van der Waals surface area contributed by atoms with Crippen LogP contribution in [0, 0.1) is 0 Å². The zero-order chi connectivity index (χ0) is 24.7. The largest absolute Gasteiger partial charge is 0.471 e. The second-order valence-electron chi connectivity index (χ2n) is 9.57. The van der Waals surface area contributed by atoms with Gasteiger partial charge in [-0.2, -0.15) is 0 Å². The summed E-state index contributed by atoms with van der Waals surface area (Å²) in [5, 5.41) is 0. The Bertz CT molecular complexity index is 1180. The molecule has 34 heavy (non-hydrogen) atoms. The summed E-state index contributed by atoms with van der Waals surface area (Å²) < 4.78 is 49.7. The van der Waals surface area contributed by atoms with Gasteiger partial charge in [0.25, 0.3) is 0 Å². The molecule has 2 aliphatic rings. The molecule has 1 aromatic heterocycles. The average molecular weight is 493 g/mol. The predicted octanol–water partition coefficient (Wildman–Crippen LogP) is 3.30. The number of anilines is 2. The third-order valence-corrected chi connectivity index (χ3v) is 6.79. The van der Waals surface area contributed by atoms with E-state index in [-0.39, 0.29) is 17.3 Å². The molecule has 0 radical (unpaired) electrons. The number of sulfone groups is 1. The van der Waals surface area contributed by atoms with Gasteiger partial charge in [-0.3, -0.25) is 0 Å². The first-order valence-electron chi connectivity index (χ1n) is 11.1. The number of hydrogen-bond acceptors (Lipinski definition) is 8. The number of nitrogens with zero attached hydrogens (tertiary/aromatic N) is 4. The van der Waals surface area contributed by atoms with E-state index in [0.29, 0.717) is 31.7 Å². The van der Waals surface area contributed by atoms with Gasteiger partial charge in [-0.05, 0) is 51.0 Å². The van der Waals surface area contributed by atoms with Crippen LogP contribution >= 0.6 is 0 Å². The van der Waals surface area contributed by atoms with Crippen LogP contribution in [0.4, 0.5) is 20.7 Å². The number of ether oxygens (including phenoxy) is 2. The van der Waals surface area contributed by atoms with Crippen molar-refractivity contribution in [1.82, 2.24) is 14.9 Å². The number of carbonyl (C=O) groups excluding carboxylic acids is 1. The summed E-state index contributed by atoms with van der Waals surface area (Å²) in [4.78, 5) is 24.3. The molecule has 0 saturated carbocycles. The van der Waals surface area contributed by atoms with Crippen molar-refractivity contribution in [3.63, 3.8) is 0 Å². The van der Waals surface area contributed by atoms with Crippen molar-refractivity contribution in [3.8, 4) is 5.88 Å². The molecule has 0 aliphatic carbocycles. The Hall–Kier alpha value is -2.95. The molecule has 1 saturated heterocycles. The summed E-state index contributed by atoms with van der Waals surface area (Å²) >= 11 is 0. The van der Waals surface area contributed by atoms with E-state index in [0.717, 1.165) is 11.3 Å². The van der Waals surface area contributed by atoms with Crippen molar-refractivity contribution in [1.29, 1.82) is 0 Å². The van der Waals surface area contributed by atoms with Crippen molar-refractivity contribution in [2.75, 3.05) is 30.8 Å². The second kappa shape index (κ2) is 9.01. The van der Waals surface area contributed by atoms with Gasteiger partial charge in [0, 0.05) is 37.5 Å². The Labute approximate surface area is 198 Å². The molecule has 0 spiro atoms. The van der Waals surface area contributed by atoms with E-state index in [4.69, 9.17) is 9.47 Å². The molecule has 2 aromatic rings. The fourth-order valence-electron chi connectivity index (χ4n) is 4.05. The normalized spacial score (nSPS) is 20.7. The van der Waals surface area contributed by atoms with Gasteiger partial charge in [-0.25, -0.2) is 27.6 Å². The van der Waals surface area contributed by atoms with Gasteiger partial charge in [-0.15, -0.1) is 0 Å². The maximum absolute atomic E-state index is 14.8. The molecule has 4 rings (SSSR count). The first kappa shape index (κ1) is 24.2. The molecular formula is C23H29FN4O5S. The Morgan fingerprint density at radius 2 is 1.94 bits per heavy atom. The summed E-state index contributed by atoms with van der Waals surface area (Å²) in [5.74, 6) is 0.821. The predicted molar refractivity (Wildman–Crippen MR) is 124 cm³/mol. The smallest absolute Gasteiger partial charge is 0.410 e. The van der Waals surface area contributed by atoms with Crippen molar-refractivity contribution in [3.05, 3.63) is 36.2 Å². The molecule has 2 atom stereocenters. The van der Waals surface area contributed by atoms with Gasteiger partial charge < -0.3 is 19.3 Å². The van der Waals surface area contributed by atoms with Crippen LogP contribution in [-0.4, -0.2) is 73.1 Å². The highest BCUT2D eigenvalue weighted by atomic mass is 32.2. The average Bonchev–Trinajstić information content (AvgIpc) is 3.17. The zero-order valence-corrected chi connectivity index (χ0v) is 20.5. The monoisotopic (exact) mass is 492 g/mol. The summed E-state index contributed by atoms with van der Waals surface area (Å²) in [6.07, 6.45) is 0.855. The molecule has 0 N–H and O–H groups in total. The van der Waals surface area contributed by atoms with Crippen LogP contribution < -0.4 is 9.64 Å². The van der Waals surface area contributed by atoms with E-state index in [2.05, 4.69) is 9.97 Å². The third kappa shape index (κ3) is 5.40. The molecule has 9 nitrogen and oxygen atoms in total. The number of rotatable bonds is 4. The Balaban J connectivity index is 1.43. The van der Waals surface area contributed by atoms with Gasteiger partial charge in [0.1, 0.15) is 23.9 Å². The van der Waals surface area contributed by atoms with Crippen LogP contribution in [0.15, 0.2) is 35.5 Å². The second-order valence-corrected chi connectivity index (χ2v) is 11.6. The van der Waals surface area contributed by atoms with Crippen LogP contribution in [0.5, 0.6) is 5.88 Å². The van der Waals surface area contributed by atoms with E-state index in [1.54, 1.807) is 45.0 Å². The van der Waals surface area contributed by atoms with E-state index >= 15 is 0 Å². The summed E-state index contributed by atoms with van der Waals surface area (Å²) in [5.41, 5.74) is 1.14. The van der Waals surface area contributed by atoms with E-state index < -0.39 is 33.8 Å². The lowest BCUT2D eigenvalue weighted by Crippen LogP contribution is -2.50. The molecule has 11 heteroatoms. The molecule has 2 aliphatic heterocycles. The van der Waals surface area contributed by atoms with Crippen molar-refractivity contribution < 1.29 is 27.1 Å². The molecule has 0 unspecified atom stereocenters. The summed E-state index contributed by atoms with van der Waals surface area (Å²) in [7, 11) is -3.29. The minimum Gasteiger partial charge on any atom is -0.471 e. The third-order valence-electron chi connectivity index (χ3n) is 5.68. The summed E-state index contributed by atoms with van der Waals surface area (Å²) in [6.45, 7) is 6.14. The number of piperidine rings is 1. The van der Waals surface area contributed by atoms with Crippen LogP contribution in [-0.2, 0) is 21.0 Å². The Morgan fingerprint density at radius 1 is 1.18 bits per heavy atom. The topological polar surface area (TPSA) is 102 Å². The number of likely N-dealkylation sites (tertiary alicyclic amines) is 1. The number of aromatic nitrogens is 2. The number of fused-ring (bicyclic) bond motifs is 1. The zero-order valence-electron chi connectivity index (χ0n) is 19.7. The van der Waals surface area contributed by atoms with Gasteiger partial charge in [0.15, 0.2) is 16.0 Å². The van der Waals surface area contributed by atoms with Crippen LogP contribution in [0.1, 0.15) is 32.8 Å². The van der Waals surface area contributed by atoms with Gasteiger partial charge >= 0.3 is 6.09 Å². The fraction of sp³-hybridized carbons (Fsp3) is 0.522. The Morgan fingerprint density at radius 3 is 2.62 bits per heavy atom. The first-order valence-corrected chi connectivity index (χ1v) is 13.0. The lowest BCUT2D eigenvalue weighted by Gasteiger charge is -2.35. The molecule has 1 aromatic carbocycles. The maximum Gasteiger partial charge on any atom is 0.410 e. The summed E-state index contributed by atoms with van der Waals surface area (Å²) in [6, 6.07) is 6.69. The van der Waals surface area contributed by atoms with Crippen LogP contribution in [0.3, 0.4) is 0 Å². The highest BCUT2D eigenvalue weighted by molar-refractivity contribution is 7.90. The van der Waals surface area contributed by atoms with Gasteiger partial charge in [-0.1, -0.05) is 0 Å². The number of halogens is 1. The number of alkyl halides is 1. The number of amides is 1. The number of carbonyl (C=O) groups is 1. The SMILES string of the molecule is CC(C)(C)OC(=O)N1CC[C@@H](Oc2cc(N3CCc4cc(S(C)(=O)=O)ccc43)ncn2)[C@@H](F)C1. The Kier molecular flexibility index (Phi) is 6.41. The maximum atomic E-state index is 14.8. The highest BCUT2D eigenvalue weighted by Gasteiger charge is 2.35. The van der Waals surface area contributed by atoms with Gasteiger partial charge in [0.2, 0.25) is 5.88 Å². The van der Waals surface area contributed by atoms with E-state index in [1.165, 1.54) is 17.5 Å². The standard InChI is InChI=1S/C23H29FN4O5S/c1-23(2,3)33-22(29)27-9-8-19(17(24)13-27)32-21-12-20(25-14-26-21)28-10-7-15-11-16(34(4,30)31)5-6-18(15)28/h5-6,11-12,14,17,19H,7-10,13H2,1-4H3/t17-,19+/m0/s1. The lowest BCUT2D eigenvalue weighted by atomic mass is 10.1. The molecule has 3 heterocycles. The van der Waals surface area contributed by atoms with Crippen LogP contribution in [0.2, 0.25) is 0 Å². The van der Waals surface area contributed by atoms with Gasteiger partial charge in [0.05, 0.1) is 11.4 Å². The van der Waals surface area contributed by atoms with Crippen molar-refractivity contribution >= 4 is 27.4 Å². The van der Waals surface area contributed by atoms with E-state index in [9.17, 15) is 17.6 Å². The first-order chi connectivity index (χ1) is 15.9. The minimum atomic E-state index is -3.29. The van der Waals surface area contributed by atoms with E-state index in [1.807, 2.05) is 4.90 Å². The fourth-order valence-corrected chi connectivity index (χ4v) is 4.72.